The van der Waals surface area contributed by atoms with Crippen LogP contribution in [0.4, 0.5) is 21.7 Å². The lowest BCUT2D eigenvalue weighted by Crippen LogP contribution is -2.02. The first-order valence-corrected chi connectivity index (χ1v) is 5.73. The molecule has 0 aliphatic rings. The van der Waals surface area contributed by atoms with Gasteiger partial charge in [0, 0.05) is 5.56 Å². The first kappa shape index (κ1) is 12.9. The Labute approximate surface area is 113 Å². The van der Waals surface area contributed by atoms with Crippen LogP contribution in [0.3, 0.4) is 0 Å². The highest BCUT2D eigenvalue weighted by atomic mass is 35.5. The highest BCUT2D eigenvalue weighted by molar-refractivity contribution is 6.39. The molecule has 0 atom stereocenters. The maximum Gasteiger partial charge on any atom is 0.138 e. The molecule has 0 fully saturated rings. The fraction of sp³-hybridized carbons (Fsp3) is 0.0909. The van der Waals surface area contributed by atoms with Gasteiger partial charge in [-0.05, 0) is 19.1 Å². The Morgan fingerprint density at radius 1 is 1.22 bits per heavy atom. The van der Waals surface area contributed by atoms with Gasteiger partial charge in [0.2, 0.25) is 0 Å². The van der Waals surface area contributed by atoms with Gasteiger partial charge < -0.3 is 11.1 Å². The molecule has 94 valence electrons. The van der Waals surface area contributed by atoms with Crippen molar-refractivity contribution in [3.8, 4) is 0 Å². The number of hydrogen-bond acceptors (Lipinski definition) is 4. The predicted octanol–water partition coefficient (Wildman–Crippen LogP) is 3.56. The molecule has 18 heavy (non-hydrogen) atoms. The summed E-state index contributed by atoms with van der Waals surface area (Å²) in [4.78, 5) is 7.87. The quantitative estimate of drug-likeness (QED) is 0.886. The van der Waals surface area contributed by atoms with Crippen LogP contribution in [0.15, 0.2) is 18.5 Å². The lowest BCUT2D eigenvalue weighted by molar-refractivity contribution is 0.628. The maximum atomic E-state index is 13.0. The van der Waals surface area contributed by atoms with Gasteiger partial charge in [-0.3, -0.25) is 0 Å². The molecule has 0 amide bonds. The van der Waals surface area contributed by atoms with E-state index in [0.29, 0.717) is 22.9 Å². The Hall–Kier alpha value is -1.59. The molecule has 0 unspecified atom stereocenters. The van der Waals surface area contributed by atoms with Gasteiger partial charge in [-0.25, -0.2) is 14.4 Å². The Bertz CT molecular complexity index is 581. The third-order valence-electron chi connectivity index (χ3n) is 2.37. The van der Waals surface area contributed by atoms with Crippen LogP contribution in [-0.2, 0) is 0 Å². The van der Waals surface area contributed by atoms with E-state index >= 15 is 0 Å². The molecule has 1 aromatic carbocycles. The molecule has 0 aliphatic carbocycles. The van der Waals surface area contributed by atoms with E-state index in [2.05, 4.69) is 15.3 Å². The second-order valence-corrected chi connectivity index (χ2v) is 4.42. The van der Waals surface area contributed by atoms with E-state index in [4.69, 9.17) is 28.9 Å². The molecule has 0 aliphatic heterocycles. The van der Waals surface area contributed by atoms with Gasteiger partial charge in [0.05, 0.1) is 15.7 Å². The van der Waals surface area contributed by atoms with Crippen LogP contribution in [-0.4, -0.2) is 9.97 Å². The Balaban J connectivity index is 2.43. The van der Waals surface area contributed by atoms with Crippen LogP contribution in [0.1, 0.15) is 5.56 Å². The SMILES string of the molecule is Cc1c(N)ncnc1Nc1c(Cl)cc(F)cc1Cl. The van der Waals surface area contributed by atoms with E-state index in [1.165, 1.54) is 6.33 Å². The number of nitrogen functional groups attached to an aromatic ring is 1. The summed E-state index contributed by atoms with van der Waals surface area (Å²) in [7, 11) is 0. The summed E-state index contributed by atoms with van der Waals surface area (Å²) in [5.74, 6) is 0.314. The number of nitrogens with one attached hydrogen (secondary N) is 1. The van der Waals surface area contributed by atoms with Gasteiger partial charge in [-0.1, -0.05) is 23.2 Å². The minimum Gasteiger partial charge on any atom is -0.383 e. The largest absolute Gasteiger partial charge is 0.383 e. The normalized spacial score (nSPS) is 10.4. The van der Waals surface area contributed by atoms with Gasteiger partial charge in [-0.15, -0.1) is 0 Å². The van der Waals surface area contributed by atoms with Crippen LogP contribution in [0.5, 0.6) is 0 Å². The van der Waals surface area contributed by atoms with Gasteiger partial charge in [-0.2, -0.15) is 0 Å². The zero-order chi connectivity index (χ0) is 13.3. The highest BCUT2D eigenvalue weighted by Gasteiger charge is 2.11. The number of aromatic nitrogens is 2. The number of nitrogens with zero attached hydrogens (tertiary/aromatic N) is 2. The van der Waals surface area contributed by atoms with Crippen molar-refractivity contribution in [2.24, 2.45) is 0 Å². The first-order chi connectivity index (χ1) is 8.49. The van der Waals surface area contributed by atoms with Crippen LogP contribution >= 0.6 is 23.2 Å². The van der Waals surface area contributed by atoms with Crippen molar-refractivity contribution < 1.29 is 4.39 Å². The van der Waals surface area contributed by atoms with Crippen molar-refractivity contribution in [3.05, 3.63) is 39.9 Å². The molecule has 2 aromatic rings. The summed E-state index contributed by atoms with van der Waals surface area (Å²) in [6.07, 6.45) is 1.32. The molecular weight excluding hydrogens is 278 g/mol. The van der Waals surface area contributed by atoms with Crippen molar-refractivity contribution in [1.82, 2.24) is 9.97 Å². The van der Waals surface area contributed by atoms with Crippen molar-refractivity contribution in [2.75, 3.05) is 11.1 Å². The summed E-state index contributed by atoms with van der Waals surface area (Å²) in [5.41, 5.74) is 6.69. The number of benzene rings is 1. The fourth-order valence-electron chi connectivity index (χ4n) is 1.37. The standard InChI is InChI=1S/C11H9Cl2FN4/c1-5-10(15)16-4-17-11(5)18-9-7(12)2-6(14)3-8(9)13/h2-4H,1H3,(H3,15,16,17,18). The third kappa shape index (κ3) is 2.47. The minimum atomic E-state index is -0.505. The Morgan fingerprint density at radius 3 is 2.44 bits per heavy atom. The monoisotopic (exact) mass is 286 g/mol. The van der Waals surface area contributed by atoms with Gasteiger partial charge in [0.25, 0.3) is 0 Å². The number of nitrogens with two attached hydrogens (primary N) is 1. The molecule has 1 aromatic heterocycles. The van der Waals surface area contributed by atoms with E-state index in [-0.39, 0.29) is 10.0 Å². The zero-order valence-corrected chi connectivity index (χ0v) is 10.8. The van der Waals surface area contributed by atoms with Crippen LogP contribution in [0.2, 0.25) is 10.0 Å². The summed E-state index contributed by atoms with van der Waals surface area (Å²) in [5, 5.41) is 3.24. The lowest BCUT2D eigenvalue weighted by atomic mass is 10.2. The van der Waals surface area contributed by atoms with Crippen molar-refractivity contribution >= 4 is 40.5 Å². The molecule has 0 radical (unpaired) electrons. The molecule has 3 N–H and O–H groups in total. The topological polar surface area (TPSA) is 63.8 Å². The minimum absolute atomic E-state index is 0.164. The number of anilines is 3. The van der Waals surface area contributed by atoms with Gasteiger partial charge in [0.1, 0.15) is 23.8 Å². The molecule has 2 rings (SSSR count). The number of halogens is 3. The smallest absolute Gasteiger partial charge is 0.138 e. The van der Waals surface area contributed by atoms with Crippen LogP contribution in [0, 0.1) is 12.7 Å². The number of rotatable bonds is 2. The number of hydrogen-bond donors (Lipinski definition) is 2. The summed E-state index contributed by atoms with van der Waals surface area (Å²) >= 11 is 11.8. The second-order valence-electron chi connectivity index (χ2n) is 3.60. The van der Waals surface area contributed by atoms with Gasteiger partial charge >= 0.3 is 0 Å². The average Bonchev–Trinajstić information content (AvgIpc) is 2.28. The molecule has 0 spiro atoms. The molecular formula is C11H9Cl2FN4. The molecule has 0 saturated carbocycles. The molecule has 4 nitrogen and oxygen atoms in total. The van der Waals surface area contributed by atoms with E-state index in [1.807, 2.05) is 0 Å². The second kappa shape index (κ2) is 4.96. The third-order valence-corrected chi connectivity index (χ3v) is 2.97. The molecule has 0 saturated heterocycles. The van der Waals surface area contributed by atoms with Crippen LogP contribution in [0.25, 0.3) is 0 Å². The van der Waals surface area contributed by atoms with Crippen molar-refractivity contribution in [2.45, 2.75) is 6.92 Å². The molecule has 1 heterocycles. The van der Waals surface area contributed by atoms with Crippen LogP contribution < -0.4 is 11.1 Å². The Kier molecular flexibility index (Phi) is 3.54. The highest BCUT2D eigenvalue weighted by Crippen LogP contribution is 2.34. The van der Waals surface area contributed by atoms with Crippen molar-refractivity contribution in [3.63, 3.8) is 0 Å². The van der Waals surface area contributed by atoms with Gasteiger partial charge in [0.15, 0.2) is 0 Å². The molecule has 0 bridgehead atoms. The molecule has 7 heteroatoms. The summed E-state index contributed by atoms with van der Waals surface area (Å²) in [6, 6.07) is 2.32. The summed E-state index contributed by atoms with van der Waals surface area (Å²) < 4.78 is 13.0. The Morgan fingerprint density at radius 2 is 1.83 bits per heavy atom. The average molecular weight is 287 g/mol. The van der Waals surface area contributed by atoms with E-state index < -0.39 is 5.82 Å². The predicted molar refractivity (Wildman–Crippen MR) is 70.9 cm³/mol. The van der Waals surface area contributed by atoms with E-state index in [9.17, 15) is 4.39 Å². The first-order valence-electron chi connectivity index (χ1n) is 4.97. The van der Waals surface area contributed by atoms with E-state index in [0.717, 1.165) is 12.1 Å². The summed E-state index contributed by atoms with van der Waals surface area (Å²) in [6.45, 7) is 1.75. The lowest BCUT2D eigenvalue weighted by Gasteiger charge is -2.12. The van der Waals surface area contributed by atoms with E-state index in [1.54, 1.807) is 6.92 Å². The fourth-order valence-corrected chi connectivity index (χ4v) is 1.92. The maximum absolute atomic E-state index is 13.0. The zero-order valence-electron chi connectivity index (χ0n) is 9.34. The van der Waals surface area contributed by atoms with Crippen molar-refractivity contribution in [1.29, 1.82) is 0 Å².